The number of hydrogen-bond donors (Lipinski definition) is 0. The highest BCUT2D eigenvalue weighted by Crippen LogP contribution is 2.30. The zero-order valence-corrected chi connectivity index (χ0v) is 10.6. The van der Waals surface area contributed by atoms with Crippen molar-refractivity contribution in [2.45, 2.75) is 52.1 Å². The van der Waals surface area contributed by atoms with Gasteiger partial charge in [0, 0.05) is 31.7 Å². The molecule has 2 bridgehead atoms. The SMILES string of the molecule is CCCN1CC2CCC(C1)N2CC(C)C. The van der Waals surface area contributed by atoms with E-state index in [0.717, 1.165) is 18.0 Å². The summed E-state index contributed by atoms with van der Waals surface area (Å²) in [5.41, 5.74) is 0. The predicted molar refractivity (Wildman–Crippen MR) is 65.1 cm³/mol. The van der Waals surface area contributed by atoms with Crippen LogP contribution in [0, 0.1) is 5.92 Å². The molecule has 2 aliphatic heterocycles. The van der Waals surface area contributed by atoms with Crippen molar-refractivity contribution in [1.82, 2.24) is 9.80 Å². The first kappa shape index (κ1) is 11.4. The molecule has 2 aliphatic rings. The van der Waals surface area contributed by atoms with E-state index in [1.807, 2.05) is 0 Å². The Bertz CT molecular complexity index is 189. The lowest BCUT2D eigenvalue weighted by Gasteiger charge is -2.41. The number of nitrogens with zero attached hydrogens (tertiary/aromatic N) is 2. The van der Waals surface area contributed by atoms with Gasteiger partial charge in [-0.25, -0.2) is 0 Å². The Kier molecular flexibility index (Phi) is 3.68. The van der Waals surface area contributed by atoms with Gasteiger partial charge in [0.1, 0.15) is 0 Å². The average molecular weight is 210 g/mol. The summed E-state index contributed by atoms with van der Waals surface area (Å²) in [6.45, 7) is 12.3. The van der Waals surface area contributed by atoms with Crippen LogP contribution in [0.1, 0.15) is 40.0 Å². The van der Waals surface area contributed by atoms with Crippen molar-refractivity contribution in [3.8, 4) is 0 Å². The molecule has 88 valence electrons. The smallest absolute Gasteiger partial charge is 0.0227 e. The molecule has 0 aromatic rings. The van der Waals surface area contributed by atoms with Gasteiger partial charge in [-0.15, -0.1) is 0 Å². The van der Waals surface area contributed by atoms with Crippen LogP contribution in [0.3, 0.4) is 0 Å². The minimum absolute atomic E-state index is 0.825. The highest BCUT2D eigenvalue weighted by atomic mass is 15.3. The molecule has 0 aromatic heterocycles. The molecular formula is C13H26N2. The molecule has 15 heavy (non-hydrogen) atoms. The minimum Gasteiger partial charge on any atom is -0.300 e. The van der Waals surface area contributed by atoms with E-state index >= 15 is 0 Å². The highest BCUT2D eigenvalue weighted by Gasteiger charge is 2.39. The van der Waals surface area contributed by atoms with Crippen LogP contribution < -0.4 is 0 Å². The van der Waals surface area contributed by atoms with Gasteiger partial charge in [-0.2, -0.15) is 0 Å². The van der Waals surface area contributed by atoms with Crippen molar-refractivity contribution >= 4 is 0 Å². The molecule has 2 atom stereocenters. The summed E-state index contributed by atoms with van der Waals surface area (Å²) in [6, 6.07) is 1.75. The second kappa shape index (κ2) is 4.84. The number of piperazine rings is 1. The van der Waals surface area contributed by atoms with Crippen LogP contribution in [0.4, 0.5) is 0 Å². The van der Waals surface area contributed by atoms with Crippen molar-refractivity contribution in [3.63, 3.8) is 0 Å². The molecule has 2 heteroatoms. The number of likely N-dealkylation sites (tertiary alicyclic amines) is 1. The van der Waals surface area contributed by atoms with Crippen LogP contribution in [0.15, 0.2) is 0 Å². The fourth-order valence-corrected chi connectivity index (χ4v) is 3.30. The second-order valence-electron chi connectivity index (χ2n) is 5.74. The maximum atomic E-state index is 2.79. The molecule has 0 amide bonds. The van der Waals surface area contributed by atoms with Gasteiger partial charge in [0.2, 0.25) is 0 Å². The Morgan fingerprint density at radius 3 is 2.20 bits per heavy atom. The molecule has 2 heterocycles. The quantitative estimate of drug-likeness (QED) is 0.702. The highest BCUT2D eigenvalue weighted by molar-refractivity contribution is 4.95. The van der Waals surface area contributed by atoms with Crippen molar-refractivity contribution in [2.75, 3.05) is 26.2 Å². The zero-order valence-electron chi connectivity index (χ0n) is 10.6. The topological polar surface area (TPSA) is 6.48 Å². The van der Waals surface area contributed by atoms with Gasteiger partial charge in [0.05, 0.1) is 0 Å². The van der Waals surface area contributed by atoms with Crippen molar-refractivity contribution in [2.24, 2.45) is 5.92 Å². The third kappa shape index (κ3) is 2.54. The fourth-order valence-electron chi connectivity index (χ4n) is 3.30. The first-order chi connectivity index (χ1) is 7.20. The van der Waals surface area contributed by atoms with E-state index in [1.54, 1.807) is 0 Å². The molecule has 0 radical (unpaired) electrons. The molecule has 2 unspecified atom stereocenters. The van der Waals surface area contributed by atoms with Crippen LogP contribution in [-0.4, -0.2) is 48.1 Å². The molecular weight excluding hydrogens is 184 g/mol. The first-order valence-electron chi connectivity index (χ1n) is 6.68. The summed E-state index contributed by atoms with van der Waals surface area (Å²) in [7, 11) is 0. The number of fused-ring (bicyclic) bond motifs is 2. The minimum atomic E-state index is 0.825. The summed E-state index contributed by atoms with van der Waals surface area (Å²) in [5, 5.41) is 0. The lowest BCUT2D eigenvalue weighted by molar-refractivity contribution is 0.0582. The Morgan fingerprint density at radius 1 is 1.13 bits per heavy atom. The molecule has 2 nitrogen and oxygen atoms in total. The predicted octanol–water partition coefficient (Wildman–Crippen LogP) is 2.20. The van der Waals surface area contributed by atoms with E-state index in [9.17, 15) is 0 Å². The maximum absolute atomic E-state index is 2.79. The van der Waals surface area contributed by atoms with Crippen LogP contribution in [0.2, 0.25) is 0 Å². The monoisotopic (exact) mass is 210 g/mol. The standard InChI is InChI=1S/C13H26N2/c1-4-7-14-9-12-5-6-13(10-14)15(12)8-11(2)3/h11-13H,4-10H2,1-3H3. The lowest BCUT2D eigenvalue weighted by atomic mass is 10.1. The van der Waals surface area contributed by atoms with E-state index in [-0.39, 0.29) is 0 Å². The normalized spacial score (nSPS) is 32.8. The van der Waals surface area contributed by atoms with Crippen LogP contribution in [0.5, 0.6) is 0 Å². The van der Waals surface area contributed by atoms with Gasteiger partial charge >= 0.3 is 0 Å². The summed E-state index contributed by atoms with van der Waals surface area (Å²) < 4.78 is 0. The van der Waals surface area contributed by atoms with E-state index in [0.29, 0.717) is 0 Å². The molecule has 0 spiro atoms. The van der Waals surface area contributed by atoms with E-state index < -0.39 is 0 Å². The van der Waals surface area contributed by atoms with Crippen molar-refractivity contribution < 1.29 is 0 Å². The summed E-state index contributed by atoms with van der Waals surface area (Å²) in [4.78, 5) is 5.47. The fraction of sp³-hybridized carbons (Fsp3) is 1.00. The average Bonchev–Trinajstić information content (AvgIpc) is 2.43. The van der Waals surface area contributed by atoms with Crippen LogP contribution in [-0.2, 0) is 0 Å². The molecule has 0 aliphatic carbocycles. The third-order valence-electron chi connectivity index (χ3n) is 3.82. The van der Waals surface area contributed by atoms with E-state index in [2.05, 4.69) is 30.6 Å². The van der Waals surface area contributed by atoms with Gasteiger partial charge in [0.25, 0.3) is 0 Å². The Hall–Kier alpha value is -0.0800. The number of hydrogen-bond acceptors (Lipinski definition) is 2. The van der Waals surface area contributed by atoms with Gasteiger partial charge in [-0.05, 0) is 31.7 Å². The van der Waals surface area contributed by atoms with E-state index in [1.165, 1.54) is 45.4 Å². The van der Waals surface area contributed by atoms with Gasteiger partial charge in [-0.1, -0.05) is 20.8 Å². The molecule has 0 N–H and O–H groups in total. The van der Waals surface area contributed by atoms with Gasteiger partial charge in [-0.3, -0.25) is 4.90 Å². The first-order valence-corrected chi connectivity index (χ1v) is 6.68. The zero-order chi connectivity index (χ0) is 10.8. The number of rotatable bonds is 4. The van der Waals surface area contributed by atoms with Crippen LogP contribution >= 0.6 is 0 Å². The second-order valence-corrected chi connectivity index (χ2v) is 5.74. The lowest BCUT2D eigenvalue weighted by Crippen LogP contribution is -2.54. The molecule has 2 rings (SSSR count). The molecule has 0 saturated carbocycles. The molecule has 2 fully saturated rings. The van der Waals surface area contributed by atoms with Gasteiger partial charge in [0.15, 0.2) is 0 Å². The maximum Gasteiger partial charge on any atom is 0.0227 e. The third-order valence-corrected chi connectivity index (χ3v) is 3.82. The summed E-state index contributed by atoms with van der Waals surface area (Å²) in [5.74, 6) is 0.825. The molecule has 0 aromatic carbocycles. The Morgan fingerprint density at radius 2 is 1.73 bits per heavy atom. The Balaban J connectivity index is 1.91. The van der Waals surface area contributed by atoms with Gasteiger partial charge < -0.3 is 4.90 Å². The van der Waals surface area contributed by atoms with E-state index in [4.69, 9.17) is 0 Å². The van der Waals surface area contributed by atoms with Crippen LogP contribution in [0.25, 0.3) is 0 Å². The van der Waals surface area contributed by atoms with Crippen molar-refractivity contribution in [1.29, 1.82) is 0 Å². The largest absolute Gasteiger partial charge is 0.300 e. The molecule has 2 saturated heterocycles. The Labute approximate surface area is 94.6 Å². The summed E-state index contributed by atoms with van der Waals surface area (Å²) in [6.07, 6.45) is 4.19. The van der Waals surface area contributed by atoms with Crippen molar-refractivity contribution in [3.05, 3.63) is 0 Å². The summed E-state index contributed by atoms with van der Waals surface area (Å²) >= 11 is 0.